The number of rotatable bonds is 3. The van der Waals surface area contributed by atoms with Crippen LogP contribution in [0.25, 0.3) is 0 Å². The average Bonchev–Trinajstić information content (AvgIpc) is 2.13. The number of nitrogens with zero attached hydrogens (tertiary/aromatic N) is 1. The van der Waals surface area contributed by atoms with E-state index in [0.29, 0.717) is 0 Å². The van der Waals surface area contributed by atoms with Crippen molar-refractivity contribution in [1.82, 2.24) is 4.31 Å². The second-order valence-electron chi connectivity index (χ2n) is 4.58. The molecule has 1 aliphatic rings. The van der Waals surface area contributed by atoms with Gasteiger partial charge in [-0.3, -0.25) is 0 Å². The Hall–Kier alpha value is -1.07. The van der Waals surface area contributed by atoms with E-state index in [1.165, 1.54) is 16.4 Å². The summed E-state index contributed by atoms with van der Waals surface area (Å²) in [5.41, 5.74) is 0.841. The molecule has 1 fully saturated rings. The molecule has 5 heteroatoms. The molecule has 1 aromatic carbocycles. The lowest BCUT2D eigenvalue weighted by Crippen LogP contribution is -2.41. The molecule has 0 aliphatic heterocycles. The van der Waals surface area contributed by atoms with Crippen LogP contribution in [0.4, 0.5) is 0 Å². The lowest BCUT2D eigenvalue weighted by molar-refractivity contribution is 0.249. The van der Waals surface area contributed by atoms with E-state index in [4.69, 9.17) is 0 Å². The van der Waals surface area contributed by atoms with E-state index in [-0.39, 0.29) is 16.7 Å². The lowest BCUT2D eigenvalue weighted by atomic mass is 9.94. The molecule has 0 saturated heterocycles. The maximum absolute atomic E-state index is 12.3. The van der Waals surface area contributed by atoms with Crippen molar-refractivity contribution < 1.29 is 13.5 Å². The number of benzene rings is 1. The zero-order valence-corrected chi connectivity index (χ0v) is 10.9. The third-order valence-corrected chi connectivity index (χ3v) is 5.32. The monoisotopic (exact) mass is 255 g/mol. The van der Waals surface area contributed by atoms with E-state index >= 15 is 0 Å². The van der Waals surface area contributed by atoms with Crippen LogP contribution in [0.15, 0.2) is 23.1 Å². The number of aromatic hydroxyl groups is 1. The number of aryl methyl sites for hydroxylation is 1. The van der Waals surface area contributed by atoms with Gasteiger partial charge in [-0.15, -0.1) is 0 Å². The Morgan fingerprint density at radius 3 is 2.47 bits per heavy atom. The van der Waals surface area contributed by atoms with E-state index in [9.17, 15) is 13.5 Å². The second kappa shape index (κ2) is 4.31. The Morgan fingerprint density at radius 1 is 1.35 bits per heavy atom. The summed E-state index contributed by atoms with van der Waals surface area (Å²) in [6, 6.07) is 4.72. The molecule has 1 N–H and O–H groups in total. The van der Waals surface area contributed by atoms with Gasteiger partial charge in [0.1, 0.15) is 10.6 Å². The Kier molecular flexibility index (Phi) is 3.14. The highest BCUT2D eigenvalue weighted by molar-refractivity contribution is 7.89. The van der Waals surface area contributed by atoms with Gasteiger partial charge in [0.15, 0.2) is 0 Å². The molecular formula is C12H17NO3S. The van der Waals surface area contributed by atoms with Crippen LogP contribution >= 0.6 is 0 Å². The van der Waals surface area contributed by atoms with Gasteiger partial charge in [0.25, 0.3) is 0 Å². The van der Waals surface area contributed by atoms with Gasteiger partial charge in [0.2, 0.25) is 10.0 Å². The maximum Gasteiger partial charge on any atom is 0.246 e. The average molecular weight is 255 g/mol. The molecule has 0 bridgehead atoms. The van der Waals surface area contributed by atoms with Crippen molar-refractivity contribution in [3.63, 3.8) is 0 Å². The minimum atomic E-state index is -3.56. The highest BCUT2D eigenvalue weighted by Crippen LogP contribution is 2.32. The molecule has 1 aliphatic carbocycles. The molecule has 0 amide bonds. The summed E-state index contributed by atoms with van der Waals surface area (Å²) in [4.78, 5) is -0.00231. The molecule has 0 heterocycles. The maximum atomic E-state index is 12.3. The quantitative estimate of drug-likeness (QED) is 0.897. The van der Waals surface area contributed by atoms with Crippen LogP contribution in [0.1, 0.15) is 24.8 Å². The fraction of sp³-hybridized carbons (Fsp3) is 0.500. The minimum absolute atomic E-state index is 0.00231. The zero-order chi connectivity index (χ0) is 12.6. The van der Waals surface area contributed by atoms with Crippen LogP contribution in [0, 0.1) is 6.92 Å². The van der Waals surface area contributed by atoms with E-state index < -0.39 is 10.0 Å². The smallest absolute Gasteiger partial charge is 0.246 e. The fourth-order valence-corrected chi connectivity index (χ4v) is 3.42. The SMILES string of the molecule is Cc1ccc(S(=O)(=O)N(C)C2CCC2)c(O)c1. The van der Waals surface area contributed by atoms with Crippen LogP contribution in [0.5, 0.6) is 5.75 Å². The van der Waals surface area contributed by atoms with Gasteiger partial charge in [-0.2, -0.15) is 4.31 Å². The molecule has 4 nitrogen and oxygen atoms in total. The van der Waals surface area contributed by atoms with Crippen molar-refractivity contribution in [3.8, 4) is 5.75 Å². The molecule has 0 spiro atoms. The van der Waals surface area contributed by atoms with E-state index in [1.54, 1.807) is 13.1 Å². The highest BCUT2D eigenvalue weighted by Gasteiger charge is 2.33. The van der Waals surface area contributed by atoms with Crippen molar-refractivity contribution in [2.45, 2.75) is 37.1 Å². The summed E-state index contributed by atoms with van der Waals surface area (Å²) < 4.78 is 25.9. The van der Waals surface area contributed by atoms with Crippen LogP contribution < -0.4 is 0 Å². The predicted octanol–water partition coefficient (Wildman–Crippen LogP) is 1.87. The molecule has 94 valence electrons. The third kappa shape index (κ3) is 2.17. The number of phenolic OH excluding ortho intramolecular Hbond substituents is 1. The predicted molar refractivity (Wildman–Crippen MR) is 65.4 cm³/mol. The van der Waals surface area contributed by atoms with Crippen molar-refractivity contribution >= 4 is 10.0 Å². The summed E-state index contributed by atoms with van der Waals surface area (Å²) >= 11 is 0. The highest BCUT2D eigenvalue weighted by atomic mass is 32.2. The number of hydrogen-bond acceptors (Lipinski definition) is 3. The number of hydrogen-bond donors (Lipinski definition) is 1. The number of phenols is 1. The first-order chi connectivity index (χ1) is 7.93. The van der Waals surface area contributed by atoms with Crippen LogP contribution in [0.3, 0.4) is 0 Å². The van der Waals surface area contributed by atoms with E-state index in [0.717, 1.165) is 24.8 Å². The van der Waals surface area contributed by atoms with Gasteiger partial charge >= 0.3 is 0 Å². The molecule has 0 atom stereocenters. The van der Waals surface area contributed by atoms with Gasteiger partial charge in [-0.1, -0.05) is 12.5 Å². The van der Waals surface area contributed by atoms with Gasteiger partial charge in [0.05, 0.1) is 0 Å². The minimum Gasteiger partial charge on any atom is -0.507 e. The van der Waals surface area contributed by atoms with Crippen molar-refractivity contribution in [1.29, 1.82) is 0 Å². The van der Waals surface area contributed by atoms with Gasteiger partial charge < -0.3 is 5.11 Å². The molecule has 0 unspecified atom stereocenters. The topological polar surface area (TPSA) is 57.6 Å². The normalized spacial score (nSPS) is 17.1. The van der Waals surface area contributed by atoms with Crippen LogP contribution in [-0.4, -0.2) is 30.9 Å². The Morgan fingerprint density at radius 2 is 2.00 bits per heavy atom. The molecular weight excluding hydrogens is 238 g/mol. The first-order valence-corrected chi connectivity index (χ1v) is 7.14. The third-order valence-electron chi connectivity index (χ3n) is 3.36. The molecule has 1 saturated carbocycles. The van der Waals surface area contributed by atoms with Crippen molar-refractivity contribution in [2.24, 2.45) is 0 Å². The standard InChI is InChI=1S/C12H17NO3S/c1-9-6-7-12(11(14)8-9)17(15,16)13(2)10-4-3-5-10/h6-8,10,14H,3-5H2,1-2H3. The first-order valence-electron chi connectivity index (χ1n) is 5.70. The summed E-state index contributed by atoms with van der Waals surface area (Å²) in [5, 5.41) is 9.74. The van der Waals surface area contributed by atoms with E-state index in [1.807, 2.05) is 6.92 Å². The van der Waals surface area contributed by atoms with Crippen molar-refractivity contribution in [2.75, 3.05) is 7.05 Å². The largest absolute Gasteiger partial charge is 0.507 e. The number of sulfonamides is 1. The first kappa shape index (κ1) is 12.4. The van der Waals surface area contributed by atoms with Gasteiger partial charge in [0, 0.05) is 13.1 Å². The van der Waals surface area contributed by atoms with Gasteiger partial charge in [-0.05, 0) is 37.5 Å². The molecule has 17 heavy (non-hydrogen) atoms. The summed E-state index contributed by atoms with van der Waals surface area (Å²) in [5.74, 6) is -0.170. The fourth-order valence-electron chi connectivity index (χ4n) is 1.95. The second-order valence-corrected chi connectivity index (χ2v) is 6.54. The lowest BCUT2D eigenvalue weighted by Gasteiger charge is -2.33. The Bertz CT molecular complexity index is 521. The van der Waals surface area contributed by atoms with E-state index in [2.05, 4.69) is 0 Å². The van der Waals surface area contributed by atoms with Gasteiger partial charge in [-0.25, -0.2) is 8.42 Å². The molecule has 1 aromatic rings. The van der Waals surface area contributed by atoms with Crippen LogP contribution in [-0.2, 0) is 10.0 Å². The zero-order valence-electron chi connectivity index (χ0n) is 10.0. The summed E-state index contributed by atoms with van der Waals surface area (Å²) in [7, 11) is -1.98. The summed E-state index contributed by atoms with van der Waals surface area (Å²) in [6.07, 6.45) is 2.88. The molecule has 0 aromatic heterocycles. The Labute approximate surface area is 102 Å². The van der Waals surface area contributed by atoms with Crippen LogP contribution in [0.2, 0.25) is 0 Å². The molecule has 0 radical (unpaired) electrons. The Balaban J connectivity index is 2.36. The summed E-state index contributed by atoms with van der Waals surface area (Å²) in [6.45, 7) is 1.81. The van der Waals surface area contributed by atoms with Crippen molar-refractivity contribution in [3.05, 3.63) is 23.8 Å². The molecule has 2 rings (SSSR count).